The Kier molecular flexibility index (Phi) is 6.54. The molecule has 0 unspecified atom stereocenters. The molecule has 0 radical (unpaired) electrons. The number of anilines is 1. The van der Waals surface area contributed by atoms with Gasteiger partial charge in [0, 0.05) is 17.0 Å². The van der Waals surface area contributed by atoms with Crippen LogP contribution in [0.1, 0.15) is 32.6 Å². The summed E-state index contributed by atoms with van der Waals surface area (Å²) < 4.78 is 38.4. The van der Waals surface area contributed by atoms with Gasteiger partial charge in [-0.2, -0.15) is 0 Å². The second kappa shape index (κ2) is 8.70. The molecule has 0 aromatic heterocycles. The maximum Gasteiger partial charge on any atom is 0.241 e. The minimum Gasteiger partial charge on any atom is -0.486 e. The van der Waals surface area contributed by atoms with Crippen LogP contribution in [-0.2, 0) is 14.8 Å². The number of rotatable bonds is 6. The first kappa shape index (κ1) is 20.3. The van der Waals surface area contributed by atoms with Crippen molar-refractivity contribution in [1.82, 2.24) is 4.72 Å². The van der Waals surface area contributed by atoms with Crippen LogP contribution in [0.25, 0.3) is 0 Å². The van der Waals surface area contributed by atoms with Crippen molar-refractivity contribution >= 4 is 33.4 Å². The number of fused-ring (bicyclic) bond motifs is 1. The molecule has 7 nitrogen and oxygen atoms in total. The quantitative estimate of drug-likeness (QED) is 0.695. The Morgan fingerprint density at radius 3 is 2.41 bits per heavy atom. The van der Waals surface area contributed by atoms with Crippen molar-refractivity contribution in [1.29, 1.82) is 0 Å². The molecule has 1 aliphatic heterocycles. The first-order chi connectivity index (χ1) is 12.9. The van der Waals surface area contributed by atoms with Crippen LogP contribution in [0.3, 0.4) is 0 Å². The average Bonchev–Trinajstić information content (AvgIpc) is 2.62. The molecule has 0 saturated heterocycles. The number of hydrogen-bond acceptors (Lipinski definition) is 6. The first-order valence-corrected chi connectivity index (χ1v) is 12.0. The monoisotopic (exact) mass is 414 g/mol. The molecule has 3 rings (SSSR count). The lowest BCUT2D eigenvalue weighted by Gasteiger charge is -2.26. The van der Waals surface area contributed by atoms with E-state index in [4.69, 9.17) is 9.47 Å². The van der Waals surface area contributed by atoms with Gasteiger partial charge in [0.15, 0.2) is 11.5 Å². The average molecular weight is 415 g/mol. The zero-order valence-electron chi connectivity index (χ0n) is 15.6. The highest BCUT2D eigenvalue weighted by molar-refractivity contribution is 7.98. The molecule has 1 fully saturated rings. The molecule has 1 heterocycles. The third kappa shape index (κ3) is 5.52. The molecule has 1 saturated carbocycles. The minimum atomic E-state index is -3.68. The van der Waals surface area contributed by atoms with Crippen molar-refractivity contribution in [3.05, 3.63) is 12.1 Å². The molecule has 1 aromatic rings. The molecule has 9 heteroatoms. The van der Waals surface area contributed by atoms with E-state index in [1.807, 2.05) is 6.26 Å². The summed E-state index contributed by atoms with van der Waals surface area (Å²) in [6.45, 7) is 3.10. The number of carbonyl (C=O) groups is 1. The molecular formula is C18H26N2O5S2. The largest absolute Gasteiger partial charge is 0.486 e. The van der Waals surface area contributed by atoms with E-state index in [2.05, 4.69) is 17.0 Å². The smallest absolute Gasteiger partial charge is 0.241 e. The van der Waals surface area contributed by atoms with Gasteiger partial charge in [-0.3, -0.25) is 4.79 Å². The number of benzene rings is 1. The van der Waals surface area contributed by atoms with Gasteiger partial charge in [0.05, 0.1) is 5.69 Å². The summed E-state index contributed by atoms with van der Waals surface area (Å²) >= 11 is 1.44. The molecule has 1 amide bonds. The molecule has 0 spiro atoms. The summed E-state index contributed by atoms with van der Waals surface area (Å²) in [7, 11) is -3.68. The lowest BCUT2D eigenvalue weighted by Crippen LogP contribution is -2.41. The van der Waals surface area contributed by atoms with Gasteiger partial charge >= 0.3 is 0 Å². The molecule has 0 atom stereocenters. The second-order valence-electron chi connectivity index (χ2n) is 7.08. The number of nitrogens with one attached hydrogen (secondary N) is 2. The van der Waals surface area contributed by atoms with Crippen molar-refractivity contribution in [2.45, 2.75) is 43.5 Å². The third-order valence-electron chi connectivity index (χ3n) is 4.82. The van der Waals surface area contributed by atoms with E-state index in [9.17, 15) is 13.2 Å². The van der Waals surface area contributed by atoms with Crippen molar-refractivity contribution in [2.75, 3.05) is 30.5 Å². The van der Waals surface area contributed by atoms with E-state index in [1.165, 1.54) is 11.8 Å². The number of thioether (sulfide) groups is 1. The van der Waals surface area contributed by atoms with Gasteiger partial charge < -0.3 is 14.8 Å². The molecule has 1 aromatic carbocycles. The lowest BCUT2D eigenvalue weighted by molar-refractivity contribution is -0.113. The summed E-state index contributed by atoms with van der Waals surface area (Å²) in [6.07, 6.45) is 5.53. The Morgan fingerprint density at radius 1 is 1.15 bits per heavy atom. The Bertz CT molecular complexity index is 789. The van der Waals surface area contributed by atoms with Crippen LogP contribution >= 0.6 is 11.8 Å². The summed E-state index contributed by atoms with van der Waals surface area (Å²) in [5.41, 5.74) is 0.526. The maximum absolute atomic E-state index is 12.3. The fraction of sp³-hybridized carbons (Fsp3) is 0.611. The second-order valence-corrected chi connectivity index (χ2v) is 9.68. The van der Waals surface area contributed by atoms with Gasteiger partial charge in [-0.25, -0.2) is 13.1 Å². The molecule has 0 bridgehead atoms. The zero-order valence-corrected chi connectivity index (χ0v) is 17.2. The normalized spacial score (nSPS) is 22.3. The number of ether oxygens (including phenoxy) is 2. The van der Waals surface area contributed by atoms with E-state index in [0.29, 0.717) is 36.3 Å². The van der Waals surface area contributed by atoms with Gasteiger partial charge in [-0.15, -0.1) is 11.8 Å². The lowest BCUT2D eigenvalue weighted by atomic mass is 9.88. The highest BCUT2D eigenvalue weighted by Crippen LogP contribution is 2.39. The van der Waals surface area contributed by atoms with Crippen molar-refractivity contribution in [3.63, 3.8) is 0 Å². The van der Waals surface area contributed by atoms with E-state index in [0.717, 1.165) is 30.6 Å². The van der Waals surface area contributed by atoms with Gasteiger partial charge in [0.25, 0.3) is 0 Å². The minimum absolute atomic E-state index is 0.0740. The number of hydrogen-bond donors (Lipinski definition) is 2. The summed E-state index contributed by atoms with van der Waals surface area (Å²) in [4.78, 5) is 13.1. The van der Waals surface area contributed by atoms with Crippen LogP contribution in [0.15, 0.2) is 17.0 Å². The Balaban J connectivity index is 1.63. The van der Waals surface area contributed by atoms with Crippen LogP contribution in [-0.4, -0.2) is 45.6 Å². The fourth-order valence-corrected chi connectivity index (χ4v) is 5.17. The van der Waals surface area contributed by atoms with Crippen molar-refractivity contribution < 1.29 is 22.7 Å². The highest BCUT2D eigenvalue weighted by atomic mass is 32.2. The number of amides is 1. The van der Waals surface area contributed by atoms with E-state index in [1.54, 1.807) is 12.1 Å². The molecule has 2 aliphatic rings. The molecule has 150 valence electrons. The molecule has 1 aliphatic carbocycles. The van der Waals surface area contributed by atoms with Crippen molar-refractivity contribution in [2.24, 2.45) is 5.92 Å². The highest BCUT2D eigenvalue weighted by Gasteiger charge is 2.25. The van der Waals surface area contributed by atoms with E-state index in [-0.39, 0.29) is 6.04 Å². The summed E-state index contributed by atoms with van der Waals surface area (Å²) in [5.74, 6) is 0.644. The Morgan fingerprint density at radius 2 is 1.78 bits per heavy atom. The first-order valence-electron chi connectivity index (χ1n) is 9.14. The van der Waals surface area contributed by atoms with Crippen molar-refractivity contribution in [3.8, 4) is 11.5 Å². The molecule has 2 N–H and O–H groups in total. The predicted octanol–water partition coefficient (Wildman–Crippen LogP) is 2.62. The predicted molar refractivity (Wildman–Crippen MR) is 106 cm³/mol. The van der Waals surface area contributed by atoms with E-state index < -0.39 is 21.7 Å². The van der Waals surface area contributed by atoms with Crippen LogP contribution in [0.5, 0.6) is 11.5 Å². The zero-order chi connectivity index (χ0) is 19.4. The van der Waals surface area contributed by atoms with E-state index >= 15 is 0 Å². The van der Waals surface area contributed by atoms with Gasteiger partial charge in [0.2, 0.25) is 15.9 Å². The topological polar surface area (TPSA) is 93.7 Å². The molecule has 27 heavy (non-hydrogen) atoms. The molecular weight excluding hydrogens is 388 g/mol. The van der Waals surface area contributed by atoms with Crippen LogP contribution in [0.4, 0.5) is 5.69 Å². The van der Waals surface area contributed by atoms with Crippen LogP contribution in [0.2, 0.25) is 0 Å². The SMILES string of the molecule is CSc1cc2c(cc1NC(=O)CS(=O)(=O)NC1CCC(C)CC1)OCCO2. The van der Waals surface area contributed by atoms with Gasteiger partial charge in [-0.05, 0) is 43.9 Å². The number of carbonyl (C=O) groups excluding carboxylic acids is 1. The Labute approximate surface area is 164 Å². The third-order valence-corrected chi connectivity index (χ3v) is 6.93. The van der Waals surface area contributed by atoms with Gasteiger partial charge in [0.1, 0.15) is 19.0 Å². The summed E-state index contributed by atoms with van der Waals surface area (Å²) in [6, 6.07) is 3.40. The van der Waals surface area contributed by atoms with Gasteiger partial charge in [-0.1, -0.05) is 6.92 Å². The van der Waals surface area contributed by atoms with Crippen LogP contribution < -0.4 is 19.5 Å². The van der Waals surface area contributed by atoms with Crippen LogP contribution in [0, 0.1) is 5.92 Å². The standard InChI is InChI=1S/C18H26N2O5S2/c1-12-3-5-13(6-4-12)20-27(22,23)11-18(21)19-14-9-15-16(10-17(14)26-2)25-8-7-24-15/h9-10,12-13,20H,3-8,11H2,1-2H3,(H,19,21). The Hall–Kier alpha value is -1.45. The summed E-state index contributed by atoms with van der Waals surface area (Å²) in [5, 5.41) is 2.70. The number of sulfonamides is 1. The fourth-order valence-electron chi connectivity index (χ4n) is 3.37. The maximum atomic E-state index is 12.3.